The molecular formula is C8H17NO4S. The van der Waals surface area contributed by atoms with E-state index < -0.39 is 16.0 Å². The quantitative estimate of drug-likeness (QED) is 0.712. The number of carboxylic acid groups (broad SMARTS) is 1. The molecule has 0 aliphatic rings. The summed E-state index contributed by atoms with van der Waals surface area (Å²) < 4.78 is 24.2. The molecule has 0 atom stereocenters. The SMILES string of the molecule is CC(C)N(C)S(=O)(=O)CCCC(=O)O. The maximum Gasteiger partial charge on any atom is 0.303 e. The zero-order valence-electron chi connectivity index (χ0n) is 8.73. The van der Waals surface area contributed by atoms with Crippen LogP contribution in [0.15, 0.2) is 0 Å². The van der Waals surface area contributed by atoms with Crippen LogP contribution in [0.4, 0.5) is 0 Å². The van der Waals surface area contributed by atoms with E-state index in [9.17, 15) is 13.2 Å². The van der Waals surface area contributed by atoms with Crippen molar-refractivity contribution in [2.24, 2.45) is 0 Å². The Balaban J connectivity index is 4.15. The van der Waals surface area contributed by atoms with Crippen molar-refractivity contribution < 1.29 is 18.3 Å². The molecule has 6 heteroatoms. The van der Waals surface area contributed by atoms with Crippen LogP contribution in [0.3, 0.4) is 0 Å². The summed E-state index contributed by atoms with van der Waals surface area (Å²) in [4.78, 5) is 10.2. The number of carbonyl (C=O) groups is 1. The molecule has 0 spiro atoms. The predicted octanol–water partition coefficient (Wildman–Crippen LogP) is 0.521. The van der Waals surface area contributed by atoms with Crippen molar-refractivity contribution in [1.82, 2.24) is 4.31 Å². The molecule has 5 nitrogen and oxygen atoms in total. The second kappa shape index (κ2) is 5.31. The Labute approximate surface area is 84.8 Å². The number of rotatable bonds is 6. The first-order chi connectivity index (χ1) is 6.27. The van der Waals surface area contributed by atoms with Gasteiger partial charge in [0.05, 0.1) is 5.75 Å². The molecule has 0 saturated carbocycles. The van der Waals surface area contributed by atoms with Crippen LogP contribution in [-0.4, -0.2) is 42.6 Å². The van der Waals surface area contributed by atoms with Gasteiger partial charge in [0.1, 0.15) is 0 Å². The molecule has 0 saturated heterocycles. The van der Waals surface area contributed by atoms with E-state index in [1.165, 1.54) is 11.4 Å². The predicted molar refractivity (Wildman–Crippen MR) is 53.6 cm³/mol. The molecule has 0 fully saturated rings. The highest BCUT2D eigenvalue weighted by Crippen LogP contribution is 2.06. The highest BCUT2D eigenvalue weighted by molar-refractivity contribution is 7.89. The Bertz CT molecular complexity index is 284. The average Bonchev–Trinajstić information content (AvgIpc) is 2.01. The van der Waals surface area contributed by atoms with Crippen molar-refractivity contribution in [3.05, 3.63) is 0 Å². The number of nitrogens with zero attached hydrogens (tertiary/aromatic N) is 1. The lowest BCUT2D eigenvalue weighted by Gasteiger charge is -2.20. The summed E-state index contributed by atoms with van der Waals surface area (Å²) >= 11 is 0. The van der Waals surface area contributed by atoms with E-state index in [0.717, 1.165) is 0 Å². The van der Waals surface area contributed by atoms with E-state index in [1.807, 2.05) is 0 Å². The lowest BCUT2D eigenvalue weighted by Crippen LogP contribution is -2.34. The topological polar surface area (TPSA) is 74.7 Å². The molecule has 0 rings (SSSR count). The molecule has 0 amide bonds. The molecule has 14 heavy (non-hydrogen) atoms. The normalized spacial score (nSPS) is 12.4. The Morgan fingerprint density at radius 3 is 2.29 bits per heavy atom. The monoisotopic (exact) mass is 223 g/mol. The molecule has 0 heterocycles. The van der Waals surface area contributed by atoms with E-state index in [4.69, 9.17) is 5.11 Å². The van der Waals surface area contributed by atoms with E-state index in [2.05, 4.69) is 0 Å². The fraction of sp³-hybridized carbons (Fsp3) is 0.875. The zero-order valence-corrected chi connectivity index (χ0v) is 9.54. The summed E-state index contributed by atoms with van der Waals surface area (Å²) in [6.45, 7) is 3.55. The van der Waals surface area contributed by atoms with Gasteiger partial charge in [-0.1, -0.05) is 0 Å². The molecule has 0 aliphatic heterocycles. The number of carboxylic acids is 1. The lowest BCUT2D eigenvalue weighted by molar-refractivity contribution is -0.137. The molecule has 0 aliphatic carbocycles. The van der Waals surface area contributed by atoms with Gasteiger partial charge in [0.2, 0.25) is 10.0 Å². The van der Waals surface area contributed by atoms with Crippen molar-refractivity contribution in [2.75, 3.05) is 12.8 Å². The van der Waals surface area contributed by atoms with Crippen LogP contribution >= 0.6 is 0 Å². The molecular weight excluding hydrogens is 206 g/mol. The first-order valence-corrected chi connectivity index (χ1v) is 6.06. The number of hydrogen-bond acceptors (Lipinski definition) is 3. The van der Waals surface area contributed by atoms with Crippen LogP contribution in [0, 0.1) is 0 Å². The van der Waals surface area contributed by atoms with Gasteiger partial charge in [-0.25, -0.2) is 12.7 Å². The van der Waals surface area contributed by atoms with E-state index in [0.29, 0.717) is 0 Å². The minimum absolute atomic E-state index is 0.0928. The summed E-state index contributed by atoms with van der Waals surface area (Å²) in [5, 5.41) is 8.35. The van der Waals surface area contributed by atoms with Crippen LogP contribution in [0.1, 0.15) is 26.7 Å². The van der Waals surface area contributed by atoms with Gasteiger partial charge in [0.25, 0.3) is 0 Å². The van der Waals surface area contributed by atoms with Gasteiger partial charge in [0.15, 0.2) is 0 Å². The molecule has 0 unspecified atom stereocenters. The summed E-state index contributed by atoms with van der Waals surface area (Å²) in [5.41, 5.74) is 0. The largest absolute Gasteiger partial charge is 0.481 e. The van der Waals surface area contributed by atoms with Crippen LogP contribution < -0.4 is 0 Å². The number of sulfonamides is 1. The third-order valence-corrected chi connectivity index (χ3v) is 4.06. The van der Waals surface area contributed by atoms with Gasteiger partial charge in [-0.05, 0) is 20.3 Å². The van der Waals surface area contributed by atoms with Crippen LogP contribution in [-0.2, 0) is 14.8 Å². The lowest BCUT2D eigenvalue weighted by atomic mass is 10.3. The average molecular weight is 223 g/mol. The Morgan fingerprint density at radius 2 is 1.93 bits per heavy atom. The fourth-order valence-electron chi connectivity index (χ4n) is 0.871. The minimum atomic E-state index is -3.29. The molecule has 0 radical (unpaired) electrons. The van der Waals surface area contributed by atoms with Gasteiger partial charge in [-0.15, -0.1) is 0 Å². The van der Waals surface area contributed by atoms with Crippen LogP contribution in [0.2, 0.25) is 0 Å². The van der Waals surface area contributed by atoms with Gasteiger partial charge in [-0.2, -0.15) is 0 Å². The van der Waals surface area contributed by atoms with Gasteiger partial charge >= 0.3 is 5.97 Å². The third-order valence-electron chi connectivity index (χ3n) is 1.96. The van der Waals surface area contributed by atoms with Crippen molar-refractivity contribution in [2.45, 2.75) is 32.7 Å². The maximum atomic E-state index is 11.5. The number of hydrogen-bond donors (Lipinski definition) is 1. The summed E-state index contributed by atoms with van der Waals surface area (Å²) in [7, 11) is -1.78. The zero-order chi connectivity index (χ0) is 11.4. The van der Waals surface area contributed by atoms with E-state index in [1.54, 1.807) is 13.8 Å². The highest BCUT2D eigenvalue weighted by Gasteiger charge is 2.20. The summed E-state index contributed by atoms with van der Waals surface area (Å²) in [5.74, 6) is -1.07. The summed E-state index contributed by atoms with van der Waals surface area (Å²) in [6, 6.07) is -0.0928. The fourth-order valence-corrected chi connectivity index (χ4v) is 2.31. The van der Waals surface area contributed by atoms with E-state index in [-0.39, 0.29) is 24.6 Å². The minimum Gasteiger partial charge on any atom is -0.481 e. The molecule has 0 aromatic rings. The van der Waals surface area contributed by atoms with E-state index >= 15 is 0 Å². The van der Waals surface area contributed by atoms with Crippen molar-refractivity contribution in [1.29, 1.82) is 0 Å². The van der Waals surface area contributed by atoms with Crippen molar-refractivity contribution in [3.63, 3.8) is 0 Å². The number of aliphatic carboxylic acids is 1. The maximum absolute atomic E-state index is 11.5. The first kappa shape index (κ1) is 13.4. The van der Waals surface area contributed by atoms with Crippen molar-refractivity contribution in [3.8, 4) is 0 Å². The molecule has 0 aromatic carbocycles. The Kier molecular flexibility index (Phi) is 5.07. The van der Waals surface area contributed by atoms with Crippen LogP contribution in [0.5, 0.6) is 0 Å². The Morgan fingerprint density at radius 1 is 1.43 bits per heavy atom. The highest BCUT2D eigenvalue weighted by atomic mass is 32.2. The first-order valence-electron chi connectivity index (χ1n) is 4.45. The smallest absolute Gasteiger partial charge is 0.303 e. The molecule has 84 valence electrons. The van der Waals surface area contributed by atoms with Crippen molar-refractivity contribution >= 4 is 16.0 Å². The standard InChI is InChI=1S/C8H17NO4S/c1-7(2)9(3)14(12,13)6-4-5-8(10)11/h7H,4-6H2,1-3H3,(H,10,11). The van der Waals surface area contributed by atoms with Gasteiger partial charge in [0, 0.05) is 19.5 Å². The molecule has 1 N–H and O–H groups in total. The molecule has 0 bridgehead atoms. The second-order valence-electron chi connectivity index (χ2n) is 3.42. The Hall–Kier alpha value is -0.620. The van der Waals surface area contributed by atoms with Gasteiger partial charge in [-0.3, -0.25) is 4.79 Å². The van der Waals surface area contributed by atoms with Crippen LogP contribution in [0.25, 0.3) is 0 Å². The summed E-state index contributed by atoms with van der Waals surface area (Å²) in [6.07, 6.45) is 0.0554. The van der Waals surface area contributed by atoms with Gasteiger partial charge < -0.3 is 5.11 Å². The second-order valence-corrected chi connectivity index (χ2v) is 5.57. The third kappa shape index (κ3) is 4.57. The molecule has 0 aromatic heterocycles.